The van der Waals surface area contributed by atoms with Gasteiger partial charge in [-0.15, -0.1) is 0 Å². The molecule has 0 saturated carbocycles. The molecule has 1 aromatic rings. The lowest BCUT2D eigenvalue weighted by atomic mass is 10.0. The molecule has 2 nitrogen and oxygen atoms in total. The Hall–Kier alpha value is -0.860. The summed E-state index contributed by atoms with van der Waals surface area (Å²) >= 11 is 0. The van der Waals surface area contributed by atoms with E-state index in [1.165, 1.54) is 5.06 Å². The van der Waals surface area contributed by atoms with Crippen molar-refractivity contribution >= 4 is 0 Å². The summed E-state index contributed by atoms with van der Waals surface area (Å²) < 4.78 is 0. The molecule has 2 heteroatoms. The van der Waals surface area contributed by atoms with Gasteiger partial charge < -0.3 is 5.21 Å². The molecule has 92 valence electrons. The van der Waals surface area contributed by atoms with E-state index in [2.05, 4.69) is 0 Å². The highest BCUT2D eigenvalue weighted by molar-refractivity contribution is 5.18. The Morgan fingerprint density at radius 3 is 1.88 bits per heavy atom. The maximum atomic E-state index is 9.94. The van der Waals surface area contributed by atoms with Crippen LogP contribution in [-0.2, 0) is 0 Å². The van der Waals surface area contributed by atoms with E-state index in [0.717, 1.165) is 5.56 Å². The van der Waals surface area contributed by atoms with Gasteiger partial charge in [-0.3, -0.25) is 0 Å². The van der Waals surface area contributed by atoms with Crippen LogP contribution in [0.4, 0.5) is 0 Å². The molecule has 0 aromatic heterocycles. The molecule has 16 heavy (non-hydrogen) atoms. The van der Waals surface area contributed by atoms with Crippen LogP contribution >= 0.6 is 0 Å². The summed E-state index contributed by atoms with van der Waals surface area (Å²) in [6, 6.07) is 10.0. The molecule has 0 radical (unpaired) electrons. The van der Waals surface area contributed by atoms with Crippen LogP contribution in [0.15, 0.2) is 30.3 Å². The third-order valence-electron chi connectivity index (χ3n) is 2.34. The Morgan fingerprint density at radius 2 is 1.50 bits per heavy atom. The summed E-state index contributed by atoms with van der Waals surface area (Å²) in [6.07, 6.45) is 0. The largest absolute Gasteiger partial charge is 0.313 e. The Bertz CT molecular complexity index is 277. The summed E-state index contributed by atoms with van der Waals surface area (Å²) in [4.78, 5) is 0. The van der Waals surface area contributed by atoms with Gasteiger partial charge in [-0.1, -0.05) is 44.2 Å². The zero-order valence-electron chi connectivity index (χ0n) is 11.4. The molecule has 0 saturated heterocycles. The smallest absolute Gasteiger partial charge is 0.0577 e. The Kier molecular flexibility index (Phi) is 6.31. The first-order valence-corrected chi connectivity index (χ1v) is 5.96. The molecule has 0 bridgehead atoms. The van der Waals surface area contributed by atoms with Gasteiger partial charge in [0.05, 0.1) is 6.04 Å². The number of benzene rings is 1. The van der Waals surface area contributed by atoms with E-state index in [1.54, 1.807) is 0 Å². The van der Waals surface area contributed by atoms with Gasteiger partial charge >= 0.3 is 0 Å². The van der Waals surface area contributed by atoms with Gasteiger partial charge in [-0.2, -0.15) is 5.06 Å². The molecule has 0 aliphatic heterocycles. The maximum Gasteiger partial charge on any atom is 0.0577 e. The van der Waals surface area contributed by atoms with Crippen molar-refractivity contribution in [1.82, 2.24) is 5.06 Å². The zero-order chi connectivity index (χ0) is 12.8. The van der Waals surface area contributed by atoms with Gasteiger partial charge in [0.2, 0.25) is 0 Å². The topological polar surface area (TPSA) is 23.5 Å². The van der Waals surface area contributed by atoms with E-state index in [9.17, 15) is 5.21 Å². The van der Waals surface area contributed by atoms with E-state index in [-0.39, 0.29) is 11.6 Å². The summed E-state index contributed by atoms with van der Waals surface area (Å²) in [7, 11) is 0. The van der Waals surface area contributed by atoms with E-state index in [4.69, 9.17) is 0 Å². The lowest BCUT2D eigenvalue weighted by Crippen LogP contribution is -2.40. The molecule has 0 spiro atoms. The third kappa shape index (κ3) is 4.33. The van der Waals surface area contributed by atoms with Gasteiger partial charge in [0.15, 0.2) is 0 Å². The normalized spacial score (nSPS) is 13.0. The number of hydrogen-bond acceptors (Lipinski definition) is 2. The molecule has 1 N–H and O–H groups in total. The molecule has 0 aliphatic rings. The van der Waals surface area contributed by atoms with E-state index >= 15 is 0 Å². The first-order chi connectivity index (χ1) is 7.43. The minimum absolute atomic E-state index is 0.0243. The summed E-state index contributed by atoms with van der Waals surface area (Å²) in [5.41, 5.74) is 0.903. The summed E-state index contributed by atoms with van der Waals surface area (Å²) in [5.74, 6) is 0. The fraction of sp³-hybridized carbons (Fsp3) is 0.571. The second-order valence-corrected chi connectivity index (χ2v) is 4.60. The van der Waals surface area contributed by atoms with Gasteiger partial charge in [-0.05, 0) is 33.3 Å². The highest BCUT2D eigenvalue weighted by Gasteiger charge is 2.25. The van der Waals surface area contributed by atoms with Crippen LogP contribution in [0.25, 0.3) is 0 Å². The quantitative estimate of drug-likeness (QED) is 0.757. The van der Waals surface area contributed by atoms with E-state index in [1.807, 2.05) is 71.9 Å². The highest BCUT2D eigenvalue weighted by Crippen LogP contribution is 2.24. The Morgan fingerprint density at radius 1 is 1.06 bits per heavy atom. The second kappa shape index (κ2) is 6.66. The second-order valence-electron chi connectivity index (χ2n) is 4.60. The monoisotopic (exact) mass is 223 g/mol. The van der Waals surface area contributed by atoms with Crippen LogP contribution in [-0.4, -0.2) is 15.8 Å². The summed E-state index contributed by atoms with van der Waals surface area (Å²) in [5, 5.41) is 11.3. The molecule has 1 rings (SSSR count). The predicted molar refractivity (Wildman–Crippen MR) is 69.6 cm³/mol. The van der Waals surface area contributed by atoms with E-state index in [0.29, 0.717) is 0 Å². The average Bonchev–Trinajstić information content (AvgIpc) is 2.30. The molecule has 0 amide bonds. The van der Waals surface area contributed by atoms with Crippen LogP contribution in [0.2, 0.25) is 0 Å². The SMILES string of the molecule is CC.CC(c1ccccc1)N(O)C(C)(C)C. The van der Waals surface area contributed by atoms with Gasteiger partial charge in [0.1, 0.15) is 0 Å². The number of hydrogen-bond donors (Lipinski definition) is 1. The van der Waals surface area contributed by atoms with Crippen molar-refractivity contribution < 1.29 is 5.21 Å². The number of rotatable bonds is 2. The van der Waals surface area contributed by atoms with Crippen molar-refractivity contribution in [3.63, 3.8) is 0 Å². The average molecular weight is 223 g/mol. The first kappa shape index (κ1) is 15.1. The number of nitrogens with zero attached hydrogens (tertiary/aromatic N) is 1. The maximum absolute atomic E-state index is 9.94. The molecule has 1 aromatic carbocycles. The fourth-order valence-corrected chi connectivity index (χ4v) is 1.45. The standard InChI is InChI=1S/C12H19NO.C2H6/c1-10(13(14)12(2,3)4)11-8-6-5-7-9-11;1-2/h5-10,14H,1-4H3;1-2H3. The molecule has 0 heterocycles. The first-order valence-electron chi connectivity index (χ1n) is 5.96. The van der Waals surface area contributed by atoms with Crippen molar-refractivity contribution in [2.24, 2.45) is 0 Å². The zero-order valence-corrected chi connectivity index (χ0v) is 11.4. The van der Waals surface area contributed by atoms with Crippen LogP contribution in [0, 0.1) is 0 Å². The minimum atomic E-state index is -0.227. The van der Waals surface area contributed by atoms with Gasteiger partial charge in [-0.25, -0.2) is 0 Å². The molecule has 0 aliphatic carbocycles. The van der Waals surface area contributed by atoms with Crippen LogP contribution in [0.5, 0.6) is 0 Å². The van der Waals surface area contributed by atoms with Gasteiger partial charge in [0.25, 0.3) is 0 Å². The van der Waals surface area contributed by atoms with Crippen molar-refractivity contribution in [3.8, 4) is 0 Å². The lowest BCUT2D eigenvalue weighted by molar-refractivity contribution is -0.184. The van der Waals surface area contributed by atoms with E-state index < -0.39 is 0 Å². The lowest BCUT2D eigenvalue weighted by Gasteiger charge is -2.34. The predicted octanol–water partition coefficient (Wildman–Crippen LogP) is 4.26. The molecular formula is C14H25NO. The van der Waals surface area contributed by atoms with Crippen molar-refractivity contribution in [1.29, 1.82) is 0 Å². The van der Waals surface area contributed by atoms with Crippen LogP contribution in [0.3, 0.4) is 0 Å². The van der Waals surface area contributed by atoms with Gasteiger partial charge in [0, 0.05) is 5.54 Å². The third-order valence-corrected chi connectivity index (χ3v) is 2.34. The van der Waals surface area contributed by atoms with Crippen molar-refractivity contribution in [2.75, 3.05) is 0 Å². The molecule has 0 fully saturated rings. The van der Waals surface area contributed by atoms with Crippen LogP contribution in [0.1, 0.15) is 53.1 Å². The Balaban J connectivity index is 0.00000106. The molecule has 1 atom stereocenters. The van der Waals surface area contributed by atoms with Crippen LogP contribution < -0.4 is 0 Å². The van der Waals surface area contributed by atoms with Crippen molar-refractivity contribution in [2.45, 2.75) is 53.1 Å². The molecule has 1 unspecified atom stereocenters. The highest BCUT2D eigenvalue weighted by atomic mass is 16.5. The summed E-state index contributed by atoms with van der Waals surface area (Å²) in [6.45, 7) is 12.0. The van der Waals surface area contributed by atoms with Crippen molar-refractivity contribution in [3.05, 3.63) is 35.9 Å². The molecular weight excluding hydrogens is 198 g/mol. The fourth-order valence-electron chi connectivity index (χ4n) is 1.45. The Labute approximate surface area is 99.9 Å². The number of hydroxylamine groups is 2. The minimum Gasteiger partial charge on any atom is -0.313 e.